The molecule has 72 heavy (non-hydrogen) atoms. The monoisotopic (exact) mass is 1070 g/mol. The summed E-state index contributed by atoms with van der Waals surface area (Å²) in [5.74, 6) is -7.29. The summed E-state index contributed by atoms with van der Waals surface area (Å²) in [6.07, 6.45) is 4.18. The van der Waals surface area contributed by atoms with Crippen molar-refractivity contribution in [3.8, 4) is 17.2 Å². The number of pyridine rings is 1. The second kappa shape index (κ2) is 21.0. The van der Waals surface area contributed by atoms with Gasteiger partial charge in [0.15, 0.2) is 10.3 Å². The first-order valence-electron chi connectivity index (χ1n) is 21.5. The number of halogens is 5. The van der Waals surface area contributed by atoms with Crippen molar-refractivity contribution in [3.63, 3.8) is 0 Å². The lowest BCUT2D eigenvalue weighted by atomic mass is 9.70. The summed E-state index contributed by atoms with van der Waals surface area (Å²) >= 11 is 5.41. The molecule has 0 saturated carbocycles. The lowest BCUT2D eigenvalue weighted by Crippen LogP contribution is -2.73. The van der Waals surface area contributed by atoms with Gasteiger partial charge in [0.2, 0.25) is 0 Å². The van der Waals surface area contributed by atoms with Crippen LogP contribution in [0.2, 0.25) is 0 Å². The number of benzene rings is 6. The van der Waals surface area contributed by atoms with Crippen molar-refractivity contribution >= 4 is 72.4 Å². The highest BCUT2D eigenvalue weighted by Gasteiger charge is 2.72. The van der Waals surface area contributed by atoms with Crippen LogP contribution >= 0.6 is 38.6 Å². The molecule has 0 aliphatic heterocycles. The Hall–Kier alpha value is -8.26. The molecule has 3 amide bonds. The van der Waals surface area contributed by atoms with Crippen molar-refractivity contribution < 1.29 is 46.2 Å². The summed E-state index contributed by atoms with van der Waals surface area (Å²) in [5.41, 5.74) is -9.76. The molecule has 0 aliphatic rings. The number of aromatic nitrogens is 3. The Kier molecular flexibility index (Phi) is 14.2. The van der Waals surface area contributed by atoms with Gasteiger partial charge in [-0.2, -0.15) is 0 Å². The quantitative estimate of drug-likeness (QED) is 0.0672. The third kappa shape index (κ3) is 9.64. The van der Waals surface area contributed by atoms with Crippen molar-refractivity contribution in [1.29, 1.82) is 0 Å². The average Bonchev–Trinajstić information content (AvgIpc) is 4.13. The number of hydrogen-bond donors (Lipinski definition) is 2. The highest BCUT2D eigenvalue weighted by Crippen LogP contribution is 2.52. The van der Waals surface area contributed by atoms with Gasteiger partial charge >= 0.3 is 0 Å². The summed E-state index contributed by atoms with van der Waals surface area (Å²) in [6.45, 7) is 0. The van der Waals surface area contributed by atoms with Gasteiger partial charge in [-0.3, -0.25) is 19.7 Å². The number of ether oxygens (including phenoxy) is 3. The van der Waals surface area contributed by atoms with Gasteiger partial charge in [0.25, 0.3) is 34.6 Å². The summed E-state index contributed by atoms with van der Waals surface area (Å²) in [7, 11) is 0. The van der Waals surface area contributed by atoms with Crippen molar-refractivity contribution in [2.45, 2.75) is 16.9 Å². The Bertz CT molecular complexity index is 3280. The molecule has 12 nitrogen and oxygen atoms in total. The average molecular weight is 1070 g/mol. The van der Waals surface area contributed by atoms with Crippen LogP contribution in [0, 0.1) is 23.3 Å². The van der Waals surface area contributed by atoms with E-state index in [0.29, 0.717) is 4.47 Å². The van der Waals surface area contributed by atoms with Gasteiger partial charge in [-0.25, -0.2) is 37.4 Å². The molecule has 0 bridgehead atoms. The van der Waals surface area contributed by atoms with E-state index in [1.54, 1.807) is 47.8 Å². The fraction of sp³-hybridized carbons (Fsp3) is 0.0566. The molecule has 19 heteroatoms. The molecule has 0 aliphatic carbocycles. The minimum Gasteiger partial charge on any atom is -0.467 e. The zero-order valence-electron chi connectivity index (χ0n) is 37.0. The Morgan fingerprint density at radius 2 is 0.986 bits per heavy atom. The second-order valence-corrected chi connectivity index (χ2v) is 18.2. The first-order chi connectivity index (χ1) is 34.9. The summed E-state index contributed by atoms with van der Waals surface area (Å²) in [6, 6.07) is 36.2. The van der Waals surface area contributed by atoms with Crippen molar-refractivity contribution in [2.24, 2.45) is 0 Å². The zero-order valence-corrected chi connectivity index (χ0v) is 40.2. The standard InChI is InChI=1S/C53H35BrF4N6O6S2/c54-37-15-9-36(10-16-37)53(70-42-6-2-1-3-7-42,47(66)63-49-60-30-32-71-49)64(50-61-31-33-72-50)48(67)52(35-13-19-39(56)20-14-35,69-44-27-23-41(58)24-28-44)51(34-11-17-38(55)18-12-34,68-43-25-21-40(57)22-26-43)46(65)62-45-8-4-5-29-59-45/h1-33H,(H,59,62,65)(H,60,63,66). The van der Waals surface area contributed by atoms with E-state index in [1.807, 2.05) is 0 Å². The maximum atomic E-state index is 17.8. The lowest BCUT2D eigenvalue weighted by molar-refractivity contribution is -0.177. The third-order valence-corrected chi connectivity index (χ3v) is 13.0. The van der Waals surface area contributed by atoms with Gasteiger partial charge < -0.3 is 19.5 Å². The molecule has 0 fully saturated rings. The lowest BCUT2D eigenvalue weighted by Gasteiger charge is -2.51. The fourth-order valence-electron chi connectivity index (χ4n) is 7.86. The molecule has 360 valence electrons. The molecule has 9 aromatic rings. The number of amides is 3. The second-order valence-electron chi connectivity index (χ2n) is 15.5. The van der Waals surface area contributed by atoms with Crippen LogP contribution in [0.25, 0.3) is 0 Å². The minimum absolute atomic E-state index is 0.00767. The molecule has 3 heterocycles. The Morgan fingerprint density at radius 1 is 0.486 bits per heavy atom. The van der Waals surface area contributed by atoms with Crippen LogP contribution in [0.3, 0.4) is 0 Å². The highest BCUT2D eigenvalue weighted by atomic mass is 79.9. The molecule has 9 rings (SSSR count). The molecule has 0 radical (unpaired) electrons. The number of thiazole rings is 2. The SMILES string of the molecule is O=C(Nc1nccs1)C(Oc1ccccc1)(c1ccc(Br)cc1)N(C(=O)C(Oc1ccc(F)cc1)(c1ccc(F)cc1)C(Oc1ccc(F)cc1)(C(=O)Nc1ccccn1)c1ccc(F)cc1)c1nccs1. The first kappa shape index (κ1) is 48.8. The molecule has 6 aromatic carbocycles. The van der Waals surface area contributed by atoms with E-state index < -0.39 is 57.9 Å². The molecule has 3 unspecified atom stereocenters. The van der Waals surface area contributed by atoms with Crippen LogP contribution in [0.15, 0.2) is 204 Å². The molecule has 0 spiro atoms. The van der Waals surface area contributed by atoms with Crippen LogP contribution in [0.4, 0.5) is 33.6 Å². The van der Waals surface area contributed by atoms with E-state index >= 15 is 27.6 Å². The first-order valence-corrected chi connectivity index (χ1v) is 24.1. The Balaban J connectivity index is 1.48. The largest absolute Gasteiger partial charge is 0.467 e. The van der Waals surface area contributed by atoms with Crippen molar-refractivity contribution in [2.75, 3.05) is 15.5 Å². The molecular weight excluding hydrogens is 1040 g/mol. The number of rotatable bonds is 17. The van der Waals surface area contributed by atoms with E-state index in [2.05, 4.69) is 41.5 Å². The van der Waals surface area contributed by atoms with E-state index in [4.69, 9.17) is 14.2 Å². The molecular formula is C53H35BrF4N6O6S2. The maximum Gasteiger partial charge on any atom is 0.297 e. The van der Waals surface area contributed by atoms with Crippen LogP contribution in [0.5, 0.6) is 17.2 Å². The van der Waals surface area contributed by atoms with E-state index in [1.165, 1.54) is 66.4 Å². The zero-order chi connectivity index (χ0) is 50.3. The van der Waals surface area contributed by atoms with Gasteiger partial charge in [-0.15, -0.1) is 22.7 Å². The maximum absolute atomic E-state index is 17.8. The van der Waals surface area contributed by atoms with Gasteiger partial charge in [0.05, 0.1) is 0 Å². The summed E-state index contributed by atoms with van der Waals surface area (Å²) < 4.78 is 82.5. The fourth-order valence-corrected chi connectivity index (χ4v) is 9.33. The summed E-state index contributed by atoms with van der Waals surface area (Å²) in [5, 5.41) is 8.51. The minimum atomic E-state index is -3.22. The number of nitrogens with one attached hydrogen (secondary N) is 2. The van der Waals surface area contributed by atoms with E-state index in [-0.39, 0.29) is 50.0 Å². The molecule has 2 N–H and O–H groups in total. The van der Waals surface area contributed by atoms with Gasteiger partial charge in [0, 0.05) is 50.5 Å². The third-order valence-electron chi connectivity index (χ3n) is 11.0. The molecule has 3 aromatic heterocycles. The predicted octanol–water partition coefficient (Wildman–Crippen LogP) is 11.8. The topological polar surface area (TPSA) is 145 Å². The number of carbonyl (C=O) groups excluding carboxylic acids is 3. The predicted molar refractivity (Wildman–Crippen MR) is 266 cm³/mol. The summed E-state index contributed by atoms with van der Waals surface area (Å²) in [4.78, 5) is 64.3. The number of carbonyl (C=O) groups is 3. The Morgan fingerprint density at radius 3 is 1.51 bits per heavy atom. The van der Waals surface area contributed by atoms with Crippen LogP contribution < -0.4 is 29.7 Å². The van der Waals surface area contributed by atoms with Gasteiger partial charge in [0.1, 0.15) is 46.3 Å². The molecule has 0 saturated heterocycles. The van der Waals surface area contributed by atoms with Crippen molar-refractivity contribution in [3.05, 3.63) is 244 Å². The number of nitrogens with zero attached hydrogens (tertiary/aromatic N) is 4. The highest BCUT2D eigenvalue weighted by molar-refractivity contribution is 9.10. The molecule has 3 atom stereocenters. The van der Waals surface area contributed by atoms with E-state index in [0.717, 1.165) is 113 Å². The van der Waals surface area contributed by atoms with E-state index in [9.17, 15) is 4.39 Å². The van der Waals surface area contributed by atoms with Gasteiger partial charge in [-0.1, -0.05) is 76.6 Å². The van der Waals surface area contributed by atoms with Gasteiger partial charge in [-0.05, 0) is 109 Å². The number of para-hydroxylation sites is 1. The van der Waals surface area contributed by atoms with Crippen molar-refractivity contribution in [1.82, 2.24) is 15.0 Å². The van der Waals surface area contributed by atoms with Crippen LogP contribution in [0.1, 0.15) is 16.7 Å². The Labute approximate surface area is 424 Å². The van der Waals surface area contributed by atoms with Crippen LogP contribution in [-0.4, -0.2) is 32.7 Å². The number of hydrogen-bond acceptors (Lipinski definition) is 11. The van der Waals surface area contributed by atoms with Crippen LogP contribution in [-0.2, 0) is 31.3 Å². The smallest absolute Gasteiger partial charge is 0.297 e. The number of anilines is 3. The normalized spacial score (nSPS) is 13.6.